The van der Waals surface area contributed by atoms with Gasteiger partial charge in [0.2, 0.25) is 0 Å². The molecular formula is C57H60Cl2Zr. The molecule has 3 heteroatoms. The summed E-state index contributed by atoms with van der Waals surface area (Å²) < 4.78 is 0.986. The first-order valence-corrected chi connectivity index (χ1v) is 32.1. The van der Waals surface area contributed by atoms with Crippen LogP contribution in [-0.4, -0.2) is 3.21 Å². The molecular weight excluding hydrogens is 847 g/mol. The molecule has 0 unspecified atom stereocenters. The number of rotatable bonds is 8. The zero-order chi connectivity index (χ0) is 42.8. The summed E-state index contributed by atoms with van der Waals surface area (Å²) in [4.78, 5) is 0. The molecule has 8 rings (SSSR count). The third kappa shape index (κ3) is 7.89. The summed E-state index contributed by atoms with van der Waals surface area (Å²) in [6, 6.07) is 45.8. The number of halogens is 2. The van der Waals surface area contributed by atoms with E-state index >= 15 is 0 Å². The molecule has 2 aliphatic rings. The van der Waals surface area contributed by atoms with Crippen LogP contribution in [0.3, 0.4) is 0 Å². The fourth-order valence-electron chi connectivity index (χ4n) is 10.4. The molecule has 0 amide bonds. The van der Waals surface area contributed by atoms with Gasteiger partial charge in [-0.05, 0) is 0 Å². The van der Waals surface area contributed by atoms with Gasteiger partial charge < -0.3 is 0 Å². The van der Waals surface area contributed by atoms with E-state index in [-0.39, 0.29) is 18.1 Å². The van der Waals surface area contributed by atoms with E-state index in [0.717, 1.165) is 12.8 Å². The second-order valence-electron chi connectivity index (χ2n) is 20.0. The first-order chi connectivity index (χ1) is 28.3. The van der Waals surface area contributed by atoms with Crippen molar-refractivity contribution in [2.24, 2.45) is 0 Å². The Hall–Kier alpha value is -3.87. The van der Waals surface area contributed by atoms with Gasteiger partial charge in [0.15, 0.2) is 0 Å². The Morgan fingerprint density at radius 3 is 1.20 bits per heavy atom. The molecule has 0 N–H and O–H groups in total. The average molecular weight is 907 g/mol. The van der Waals surface area contributed by atoms with Crippen molar-refractivity contribution >= 4 is 20.2 Å². The summed E-state index contributed by atoms with van der Waals surface area (Å²) >= 11 is -5.53. The normalized spacial score (nSPS) is 14.5. The van der Waals surface area contributed by atoms with E-state index in [4.69, 9.17) is 17.0 Å². The Balaban J connectivity index is 1.57. The number of allylic oxidation sites excluding steroid dienone is 4. The van der Waals surface area contributed by atoms with Gasteiger partial charge >= 0.3 is 371 Å². The van der Waals surface area contributed by atoms with Crippen LogP contribution in [0, 0.1) is 27.7 Å². The average Bonchev–Trinajstić information content (AvgIpc) is 3.84. The molecule has 0 radical (unpaired) electrons. The Bertz CT molecular complexity index is 2550. The molecule has 0 heterocycles. The van der Waals surface area contributed by atoms with Crippen LogP contribution in [0.5, 0.6) is 0 Å². The van der Waals surface area contributed by atoms with Crippen LogP contribution >= 0.6 is 17.0 Å². The second kappa shape index (κ2) is 15.8. The fraction of sp³-hybridized carbons (Fsp3) is 0.281. The molecule has 0 atom stereocenters. The molecule has 0 aliphatic heterocycles. The van der Waals surface area contributed by atoms with Gasteiger partial charge in [-0.2, -0.15) is 0 Å². The first-order valence-electron chi connectivity index (χ1n) is 21.7. The molecule has 6 aromatic rings. The predicted octanol–water partition coefficient (Wildman–Crippen LogP) is 16.5. The van der Waals surface area contributed by atoms with Gasteiger partial charge in [-0.25, -0.2) is 0 Å². The van der Waals surface area contributed by atoms with Crippen LogP contribution in [0.2, 0.25) is 3.63 Å². The second-order valence-corrected chi connectivity index (χ2v) is 41.3. The van der Waals surface area contributed by atoms with Crippen LogP contribution in [0.15, 0.2) is 146 Å². The standard InChI is InChI=1S/C37H41.C15H14.C5H5.2ClH.Zr/c1-22-11-23(2)14-26(13-22)32-18-28-17-29-19-33(27-15-24(3)12-25(4)16-27)35(37(8,9)10)21-31(29)30(28)20-34(32)36(5,6)7;1-3-8-14(9-4-1)12-7-13-15-10-5-2-6-11-15;1-2-4-5-3-1;;;/h11-21H,1-10H3;1-6,8-11H,12-13H2;1-5H;2*1H;/q;;;;;+2/p-2. The van der Waals surface area contributed by atoms with Crippen LogP contribution in [-0.2, 0) is 39.6 Å². The zero-order valence-corrected chi connectivity index (χ0v) is 41.2. The number of fused-ring (bicyclic) bond motifs is 3. The minimum absolute atomic E-state index is 0.0973. The molecule has 0 bridgehead atoms. The molecule has 306 valence electrons. The van der Waals surface area contributed by atoms with E-state index in [1.165, 1.54) is 92.2 Å². The summed E-state index contributed by atoms with van der Waals surface area (Å²) in [7, 11) is 18.2. The van der Waals surface area contributed by atoms with E-state index < -0.39 is 15.9 Å². The summed E-state index contributed by atoms with van der Waals surface area (Å²) in [5.74, 6) is 0. The Morgan fingerprint density at radius 1 is 0.483 bits per heavy atom. The first kappa shape index (κ1) is 42.8. The van der Waals surface area contributed by atoms with Crippen molar-refractivity contribution in [1.82, 2.24) is 0 Å². The van der Waals surface area contributed by atoms with Crippen molar-refractivity contribution in [2.45, 2.75) is 100 Å². The third-order valence-corrected chi connectivity index (χ3v) is 34.1. The maximum absolute atomic E-state index is 9.12. The Morgan fingerprint density at radius 2 is 0.850 bits per heavy atom. The predicted molar refractivity (Wildman–Crippen MR) is 260 cm³/mol. The molecule has 0 spiro atoms. The van der Waals surface area contributed by atoms with Crippen LogP contribution in [0.1, 0.15) is 101 Å². The van der Waals surface area contributed by atoms with Gasteiger partial charge in [0.05, 0.1) is 0 Å². The zero-order valence-electron chi connectivity index (χ0n) is 37.2. The van der Waals surface area contributed by atoms with Gasteiger partial charge in [0, 0.05) is 0 Å². The molecule has 60 heavy (non-hydrogen) atoms. The molecule has 0 saturated heterocycles. The topological polar surface area (TPSA) is 0 Å². The Labute approximate surface area is 368 Å². The van der Waals surface area contributed by atoms with Gasteiger partial charge in [-0.3, -0.25) is 0 Å². The van der Waals surface area contributed by atoms with E-state index in [2.05, 4.69) is 215 Å². The summed E-state index contributed by atoms with van der Waals surface area (Å²) in [5.41, 5.74) is 20.1. The minimum atomic E-state index is -5.53. The van der Waals surface area contributed by atoms with Crippen molar-refractivity contribution in [3.8, 4) is 33.4 Å². The number of aryl methyl sites for hydroxylation is 4. The third-order valence-electron chi connectivity index (χ3n) is 13.1. The summed E-state index contributed by atoms with van der Waals surface area (Å²) in [6.45, 7) is 23.0. The number of hydrogen-bond donors (Lipinski definition) is 0. The Kier molecular flexibility index (Phi) is 11.3. The van der Waals surface area contributed by atoms with Crippen molar-refractivity contribution in [3.05, 3.63) is 201 Å². The fourth-order valence-corrected chi connectivity index (χ4v) is 28.5. The van der Waals surface area contributed by atoms with Gasteiger partial charge in [-0.1, -0.05) is 0 Å². The quantitative estimate of drug-likeness (QED) is 0.143. The van der Waals surface area contributed by atoms with Crippen molar-refractivity contribution in [2.75, 3.05) is 0 Å². The van der Waals surface area contributed by atoms with Gasteiger partial charge in [0.25, 0.3) is 0 Å². The molecule has 0 fully saturated rings. The van der Waals surface area contributed by atoms with E-state index in [0.29, 0.717) is 0 Å². The van der Waals surface area contributed by atoms with Crippen molar-refractivity contribution in [3.63, 3.8) is 0 Å². The molecule has 6 aromatic carbocycles. The summed E-state index contributed by atoms with van der Waals surface area (Å²) in [5, 5.41) is 0. The van der Waals surface area contributed by atoms with E-state index in [9.17, 15) is 0 Å². The van der Waals surface area contributed by atoms with E-state index in [1.54, 1.807) is 0 Å². The molecule has 2 aliphatic carbocycles. The monoisotopic (exact) mass is 904 g/mol. The van der Waals surface area contributed by atoms with E-state index in [1.807, 2.05) is 0 Å². The SMILES string of the molecule is Cc1cc(C)cc(-c2cc3c(cc2C(C)(C)C)-c2cc(C(C)(C)C)c(-c4cc(C)cc(C)c4)cc2[CH]3[Zr]([Cl])([Cl])(=[C](Cc2ccccc2)Cc2ccccc2)[CH]2C=CC=C2)c1. The molecule has 0 nitrogen and oxygen atoms in total. The maximum atomic E-state index is 9.12. The van der Waals surface area contributed by atoms with Gasteiger partial charge in [-0.15, -0.1) is 0 Å². The van der Waals surface area contributed by atoms with Crippen LogP contribution in [0.4, 0.5) is 0 Å². The summed E-state index contributed by atoms with van der Waals surface area (Å²) in [6.07, 6.45) is 10.4. The van der Waals surface area contributed by atoms with Gasteiger partial charge in [0.1, 0.15) is 0 Å². The van der Waals surface area contributed by atoms with Crippen LogP contribution in [0.25, 0.3) is 33.4 Å². The molecule has 0 saturated carbocycles. The van der Waals surface area contributed by atoms with Crippen molar-refractivity contribution in [1.29, 1.82) is 0 Å². The number of benzene rings is 6. The van der Waals surface area contributed by atoms with Crippen molar-refractivity contribution < 1.29 is 15.9 Å². The molecule has 0 aromatic heterocycles. The number of hydrogen-bond acceptors (Lipinski definition) is 0. The van der Waals surface area contributed by atoms with Crippen LogP contribution < -0.4 is 0 Å².